The maximum atomic E-state index is 13.3. The van der Waals surface area contributed by atoms with Crippen molar-refractivity contribution in [3.8, 4) is 0 Å². The molecule has 0 aliphatic heterocycles. The van der Waals surface area contributed by atoms with Crippen molar-refractivity contribution in [3.05, 3.63) is 66.0 Å². The summed E-state index contributed by atoms with van der Waals surface area (Å²) in [6, 6.07) is 17.3. The van der Waals surface area contributed by atoms with E-state index in [2.05, 4.69) is 29.6 Å². The van der Waals surface area contributed by atoms with Gasteiger partial charge in [-0.3, -0.25) is 0 Å². The van der Waals surface area contributed by atoms with Gasteiger partial charge in [-0.25, -0.2) is 4.39 Å². The number of anilines is 1. The third-order valence-electron chi connectivity index (χ3n) is 3.99. The van der Waals surface area contributed by atoms with Gasteiger partial charge in [-0.1, -0.05) is 49.2 Å². The minimum absolute atomic E-state index is 0.0327. The molecule has 1 aliphatic carbocycles. The monoisotopic (exact) mass is 255 g/mol. The normalized spacial score (nSPS) is 17.3. The van der Waals surface area contributed by atoms with Gasteiger partial charge in [0.1, 0.15) is 5.82 Å². The van der Waals surface area contributed by atoms with Gasteiger partial charge in [-0.15, -0.1) is 0 Å². The van der Waals surface area contributed by atoms with E-state index in [0.29, 0.717) is 0 Å². The first kappa shape index (κ1) is 12.2. The average molecular weight is 255 g/mol. The number of rotatable bonds is 3. The highest BCUT2D eigenvalue weighted by atomic mass is 19.1. The molecule has 0 spiro atoms. The van der Waals surface area contributed by atoms with Gasteiger partial charge in [0.05, 0.1) is 5.54 Å². The summed E-state index contributed by atoms with van der Waals surface area (Å²) in [5.74, 6) is -0.189. The fourth-order valence-corrected chi connectivity index (χ4v) is 3.06. The quantitative estimate of drug-likeness (QED) is 0.837. The lowest BCUT2D eigenvalue weighted by Gasteiger charge is -2.32. The summed E-state index contributed by atoms with van der Waals surface area (Å²) in [4.78, 5) is 0. The molecule has 0 aromatic heterocycles. The van der Waals surface area contributed by atoms with E-state index in [1.54, 1.807) is 12.1 Å². The van der Waals surface area contributed by atoms with E-state index in [4.69, 9.17) is 0 Å². The average Bonchev–Trinajstić information content (AvgIpc) is 2.90. The van der Waals surface area contributed by atoms with Crippen molar-refractivity contribution in [1.29, 1.82) is 0 Å². The highest BCUT2D eigenvalue weighted by Gasteiger charge is 2.35. The Bertz CT molecular complexity index is 544. The number of hydrogen-bond acceptors (Lipinski definition) is 1. The predicted molar refractivity (Wildman–Crippen MR) is 76.6 cm³/mol. The Morgan fingerprint density at radius 3 is 2.32 bits per heavy atom. The van der Waals surface area contributed by atoms with Crippen molar-refractivity contribution in [2.75, 3.05) is 5.32 Å². The van der Waals surface area contributed by atoms with Gasteiger partial charge in [-0.05, 0) is 36.6 Å². The molecule has 19 heavy (non-hydrogen) atoms. The van der Waals surface area contributed by atoms with Crippen molar-refractivity contribution in [2.24, 2.45) is 0 Å². The van der Waals surface area contributed by atoms with Crippen LogP contribution in [0.15, 0.2) is 54.6 Å². The standard InChI is InChI=1S/C17H18FN/c18-15-9-6-10-16(13-15)19-17(11-4-5-12-17)14-7-2-1-3-8-14/h1-3,6-10,13,19H,4-5,11-12H2. The number of halogens is 1. The fourth-order valence-electron chi connectivity index (χ4n) is 3.06. The van der Waals surface area contributed by atoms with Crippen molar-refractivity contribution >= 4 is 5.69 Å². The molecule has 1 N–H and O–H groups in total. The Kier molecular flexibility index (Phi) is 3.24. The van der Waals surface area contributed by atoms with Crippen LogP contribution < -0.4 is 5.32 Å². The molecule has 2 aromatic rings. The molecule has 0 saturated heterocycles. The zero-order valence-electron chi connectivity index (χ0n) is 10.9. The van der Waals surface area contributed by atoms with E-state index in [1.807, 2.05) is 12.1 Å². The molecule has 1 aliphatic rings. The maximum Gasteiger partial charge on any atom is 0.125 e. The first-order valence-electron chi connectivity index (χ1n) is 6.88. The van der Waals surface area contributed by atoms with Crippen LogP contribution in [0.25, 0.3) is 0 Å². The lowest BCUT2D eigenvalue weighted by molar-refractivity contribution is 0.508. The van der Waals surface area contributed by atoms with Crippen molar-refractivity contribution < 1.29 is 4.39 Å². The Balaban J connectivity index is 1.94. The van der Waals surface area contributed by atoms with Crippen LogP contribution >= 0.6 is 0 Å². The Labute approximate surface area is 113 Å². The van der Waals surface area contributed by atoms with Crippen molar-refractivity contribution in [3.63, 3.8) is 0 Å². The maximum absolute atomic E-state index is 13.3. The minimum Gasteiger partial charge on any atom is -0.375 e. The molecule has 0 atom stereocenters. The van der Waals surface area contributed by atoms with Gasteiger partial charge in [0.2, 0.25) is 0 Å². The van der Waals surface area contributed by atoms with Crippen LogP contribution in [0.2, 0.25) is 0 Å². The van der Waals surface area contributed by atoms with Crippen LogP contribution in [-0.2, 0) is 5.54 Å². The molecule has 0 radical (unpaired) electrons. The van der Waals surface area contributed by atoms with Crippen LogP contribution in [0, 0.1) is 5.82 Å². The summed E-state index contributed by atoms with van der Waals surface area (Å²) in [6.07, 6.45) is 4.65. The van der Waals surface area contributed by atoms with Gasteiger partial charge >= 0.3 is 0 Å². The second-order valence-electron chi connectivity index (χ2n) is 5.29. The predicted octanol–water partition coefficient (Wildman–Crippen LogP) is 4.71. The third kappa shape index (κ3) is 2.48. The SMILES string of the molecule is Fc1cccc(NC2(c3ccccc3)CCCC2)c1. The zero-order chi connectivity index (χ0) is 13.1. The molecule has 98 valence electrons. The molecule has 0 unspecified atom stereocenters. The number of benzene rings is 2. The van der Waals surface area contributed by atoms with Crippen molar-refractivity contribution in [1.82, 2.24) is 0 Å². The molecule has 0 heterocycles. The van der Waals surface area contributed by atoms with Gasteiger partial charge in [-0.2, -0.15) is 0 Å². The van der Waals surface area contributed by atoms with Crippen molar-refractivity contribution in [2.45, 2.75) is 31.2 Å². The first-order chi connectivity index (χ1) is 9.28. The van der Waals surface area contributed by atoms with Crippen LogP contribution in [0.3, 0.4) is 0 Å². The van der Waals surface area contributed by atoms with Crippen LogP contribution in [0.4, 0.5) is 10.1 Å². The molecule has 1 saturated carbocycles. The topological polar surface area (TPSA) is 12.0 Å². The summed E-state index contributed by atoms with van der Waals surface area (Å²) in [5, 5.41) is 3.57. The van der Waals surface area contributed by atoms with Gasteiger partial charge in [0.15, 0.2) is 0 Å². The number of hydrogen-bond donors (Lipinski definition) is 1. The first-order valence-corrected chi connectivity index (χ1v) is 6.88. The molecular weight excluding hydrogens is 237 g/mol. The molecule has 2 aromatic carbocycles. The second kappa shape index (κ2) is 5.04. The molecule has 0 amide bonds. The van der Waals surface area contributed by atoms with E-state index in [1.165, 1.54) is 24.5 Å². The Hall–Kier alpha value is -1.83. The van der Waals surface area contributed by atoms with E-state index < -0.39 is 0 Å². The Morgan fingerprint density at radius 2 is 1.63 bits per heavy atom. The fraction of sp³-hybridized carbons (Fsp3) is 0.294. The van der Waals surface area contributed by atoms with Crippen LogP contribution in [-0.4, -0.2) is 0 Å². The molecule has 0 bridgehead atoms. The zero-order valence-corrected chi connectivity index (χ0v) is 10.9. The summed E-state index contributed by atoms with van der Waals surface area (Å²) >= 11 is 0. The number of nitrogens with one attached hydrogen (secondary N) is 1. The summed E-state index contributed by atoms with van der Waals surface area (Å²) in [7, 11) is 0. The third-order valence-corrected chi connectivity index (χ3v) is 3.99. The smallest absolute Gasteiger partial charge is 0.125 e. The second-order valence-corrected chi connectivity index (χ2v) is 5.29. The molecule has 3 rings (SSSR count). The lowest BCUT2D eigenvalue weighted by atomic mass is 9.88. The summed E-state index contributed by atoms with van der Waals surface area (Å²) in [6.45, 7) is 0. The van der Waals surface area contributed by atoms with E-state index >= 15 is 0 Å². The highest BCUT2D eigenvalue weighted by molar-refractivity contribution is 5.48. The van der Waals surface area contributed by atoms with Crippen LogP contribution in [0.1, 0.15) is 31.2 Å². The van der Waals surface area contributed by atoms with E-state index in [9.17, 15) is 4.39 Å². The molecular formula is C17H18FN. The largest absolute Gasteiger partial charge is 0.375 e. The minimum atomic E-state index is -0.189. The van der Waals surface area contributed by atoms with Crippen LogP contribution in [0.5, 0.6) is 0 Å². The van der Waals surface area contributed by atoms with Gasteiger partial charge in [0, 0.05) is 5.69 Å². The van der Waals surface area contributed by atoms with E-state index in [-0.39, 0.29) is 11.4 Å². The highest BCUT2D eigenvalue weighted by Crippen LogP contribution is 2.41. The summed E-state index contributed by atoms with van der Waals surface area (Å²) in [5.41, 5.74) is 2.14. The summed E-state index contributed by atoms with van der Waals surface area (Å²) < 4.78 is 13.3. The molecule has 1 fully saturated rings. The Morgan fingerprint density at radius 1 is 0.895 bits per heavy atom. The van der Waals surface area contributed by atoms with Gasteiger partial charge < -0.3 is 5.32 Å². The molecule has 2 heteroatoms. The van der Waals surface area contributed by atoms with E-state index in [0.717, 1.165) is 18.5 Å². The lowest BCUT2D eigenvalue weighted by Crippen LogP contribution is -2.32. The molecule has 1 nitrogen and oxygen atoms in total. The van der Waals surface area contributed by atoms with Gasteiger partial charge in [0.25, 0.3) is 0 Å².